The van der Waals surface area contributed by atoms with E-state index in [1.165, 1.54) is 0 Å². The van der Waals surface area contributed by atoms with Crippen LogP contribution in [0.4, 0.5) is 16.4 Å². The van der Waals surface area contributed by atoms with E-state index in [4.69, 9.17) is 9.84 Å². The van der Waals surface area contributed by atoms with Gasteiger partial charge in [0.25, 0.3) is 0 Å². The molecule has 13 heteroatoms. The van der Waals surface area contributed by atoms with E-state index in [1.54, 1.807) is 28.0 Å². The quantitative estimate of drug-likeness (QED) is 0.316. The Morgan fingerprint density at radius 3 is 2.64 bits per heavy atom. The van der Waals surface area contributed by atoms with Gasteiger partial charge in [-0.1, -0.05) is 17.3 Å². The van der Waals surface area contributed by atoms with Gasteiger partial charge in [0.2, 0.25) is 5.95 Å². The first-order valence-electron chi connectivity index (χ1n) is 11.3. The van der Waals surface area contributed by atoms with Gasteiger partial charge in [-0.15, -0.1) is 5.10 Å². The Bertz CT molecular complexity index is 1360. The van der Waals surface area contributed by atoms with Crippen LogP contribution >= 0.6 is 0 Å². The third-order valence-corrected chi connectivity index (χ3v) is 4.88. The molecule has 0 aliphatic carbocycles. The molecular weight excluding hydrogens is 466 g/mol. The van der Waals surface area contributed by atoms with Gasteiger partial charge in [0, 0.05) is 25.7 Å². The van der Waals surface area contributed by atoms with Crippen molar-refractivity contribution in [3.05, 3.63) is 48.4 Å². The number of aryl methyl sites for hydroxylation is 1. The van der Waals surface area contributed by atoms with E-state index in [0.717, 1.165) is 11.3 Å². The first-order chi connectivity index (χ1) is 17.2. The number of benzene rings is 1. The maximum Gasteiger partial charge on any atom is 0.407 e. The van der Waals surface area contributed by atoms with E-state index in [-0.39, 0.29) is 6.42 Å². The molecule has 3 N–H and O–H groups in total. The lowest BCUT2D eigenvalue weighted by atomic mass is 10.2. The molecule has 0 saturated heterocycles. The van der Waals surface area contributed by atoms with Crippen LogP contribution in [0.1, 0.15) is 39.2 Å². The van der Waals surface area contributed by atoms with Gasteiger partial charge in [0.05, 0.1) is 23.8 Å². The van der Waals surface area contributed by atoms with Crippen LogP contribution < -0.4 is 10.6 Å². The van der Waals surface area contributed by atoms with Gasteiger partial charge < -0.3 is 20.5 Å². The Labute approximate surface area is 206 Å². The zero-order valence-corrected chi connectivity index (χ0v) is 20.2. The summed E-state index contributed by atoms with van der Waals surface area (Å²) in [6.07, 6.45) is 5.05. The monoisotopic (exact) mass is 493 g/mol. The molecule has 4 rings (SSSR count). The van der Waals surface area contributed by atoms with Crippen molar-refractivity contribution in [2.24, 2.45) is 0 Å². The minimum Gasteiger partial charge on any atom is -0.481 e. The van der Waals surface area contributed by atoms with E-state index in [9.17, 15) is 9.59 Å². The predicted molar refractivity (Wildman–Crippen MR) is 130 cm³/mol. The van der Waals surface area contributed by atoms with Crippen LogP contribution in [-0.2, 0) is 22.6 Å². The van der Waals surface area contributed by atoms with Crippen LogP contribution in [0.25, 0.3) is 16.9 Å². The van der Waals surface area contributed by atoms with Gasteiger partial charge in [0.15, 0.2) is 11.2 Å². The van der Waals surface area contributed by atoms with Crippen LogP contribution in [0, 0.1) is 0 Å². The molecule has 0 aliphatic heterocycles. The Morgan fingerprint density at radius 2 is 1.92 bits per heavy atom. The molecular formula is C23H27N9O4. The highest BCUT2D eigenvalue weighted by Gasteiger charge is 2.16. The van der Waals surface area contributed by atoms with E-state index >= 15 is 0 Å². The predicted octanol–water partition coefficient (Wildman–Crippen LogP) is 3.04. The average Bonchev–Trinajstić information content (AvgIpc) is 3.43. The Morgan fingerprint density at radius 1 is 1.14 bits per heavy atom. The van der Waals surface area contributed by atoms with Crippen molar-refractivity contribution in [2.45, 2.75) is 52.3 Å². The summed E-state index contributed by atoms with van der Waals surface area (Å²) in [7, 11) is 0. The summed E-state index contributed by atoms with van der Waals surface area (Å²) in [5.41, 5.74) is 2.80. The summed E-state index contributed by atoms with van der Waals surface area (Å²) in [6.45, 7) is 6.26. The van der Waals surface area contributed by atoms with Crippen LogP contribution in [0.2, 0.25) is 0 Å². The molecule has 0 radical (unpaired) electrons. The Balaban J connectivity index is 1.42. The maximum absolute atomic E-state index is 11.9. The topological polar surface area (TPSA) is 162 Å². The number of anilines is 2. The van der Waals surface area contributed by atoms with Gasteiger partial charge in [-0.05, 0) is 44.9 Å². The van der Waals surface area contributed by atoms with Crippen molar-refractivity contribution in [3.8, 4) is 5.69 Å². The van der Waals surface area contributed by atoms with Gasteiger partial charge in [-0.3, -0.25) is 9.48 Å². The molecule has 0 aliphatic rings. The van der Waals surface area contributed by atoms with Crippen LogP contribution in [0.15, 0.2) is 42.9 Å². The Hall–Kier alpha value is -4.55. The molecule has 3 heterocycles. The summed E-state index contributed by atoms with van der Waals surface area (Å²) < 4.78 is 8.51. The number of rotatable bonds is 9. The fourth-order valence-electron chi connectivity index (χ4n) is 3.28. The molecule has 0 unspecified atom stereocenters. The number of carbonyl (C=O) groups is 2. The molecule has 3 aromatic heterocycles. The van der Waals surface area contributed by atoms with E-state index in [2.05, 4.69) is 36.0 Å². The number of carboxylic acids is 1. The third kappa shape index (κ3) is 6.52. The Kier molecular flexibility index (Phi) is 7.08. The van der Waals surface area contributed by atoms with E-state index in [1.807, 2.05) is 45.0 Å². The van der Waals surface area contributed by atoms with Crippen LogP contribution in [0.3, 0.4) is 0 Å². The summed E-state index contributed by atoms with van der Waals surface area (Å²) in [4.78, 5) is 31.4. The first-order valence-corrected chi connectivity index (χ1v) is 11.3. The van der Waals surface area contributed by atoms with Crippen molar-refractivity contribution in [1.82, 2.24) is 40.1 Å². The second-order valence-electron chi connectivity index (χ2n) is 9.04. The minimum atomic E-state index is -0.834. The van der Waals surface area contributed by atoms with Crippen molar-refractivity contribution in [3.63, 3.8) is 0 Å². The van der Waals surface area contributed by atoms with Crippen molar-refractivity contribution in [2.75, 3.05) is 5.32 Å². The molecule has 0 saturated carbocycles. The number of nitrogens with one attached hydrogen (secondary N) is 2. The number of amides is 1. The zero-order valence-electron chi connectivity index (χ0n) is 20.2. The van der Waals surface area contributed by atoms with Crippen molar-refractivity contribution in [1.29, 1.82) is 0 Å². The van der Waals surface area contributed by atoms with Gasteiger partial charge in [-0.25, -0.2) is 9.78 Å². The molecule has 13 nitrogen and oxygen atoms in total. The number of aliphatic carboxylic acids is 1. The van der Waals surface area contributed by atoms with Crippen molar-refractivity contribution >= 4 is 34.9 Å². The lowest BCUT2D eigenvalue weighted by Crippen LogP contribution is -2.32. The SMILES string of the molecule is CC(C)(C)OC(=O)NCc1ccc(-n2nnc3cnc(Nc4cnn(CCCC(=O)O)c4)nc32)cc1. The van der Waals surface area contributed by atoms with E-state index in [0.29, 0.717) is 42.3 Å². The number of ether oxygens (including phenoxy) is 1. The number of alkyl carbamates (subject to hydrolysis) is 1. The maximum atomic E-state index is 11.9. The number of carboxylic acid groups (broad SMARTS) is 1. The van der Waals surface area contributed by atoms with Gasteiger partial charge >= 0.3 is 12.1 Å². The number of hydrogen-bond donors (Lipinski definition) is 3. The highest BCUT2D eigenvalue weighted by Crippen LogP contribution is 2.18. The number of nitrogens with zero attached hydrogens (tertiary/aromatic N) is 7. The summed E-state index contributed by atoms with van der Waals surface area (Å²) in [5, 5.41) is 27.1. The minimum absolute atomic E-state index is 0.0840. The number of fused-ring (bicyclic) bond motifs is 1. The molecule has 0 bridgehead atoms. The summed E-state index contributed by atoms with van der Waals surface area (Å²) in [5.74, 6) is -0.492. The standard InChI is InChI=1S/C23H27N9O4/c1-23(2,3)36-22(35)25-11-15-6-8-17(9-7-15)32-20-18(29-30-32)13-24-21(28-20)27-16-12-26-31(14-16)10-4-5-19(33)34/h6-9,12-14H,4-5,10-11H2,1-3H3,(H,25,35)(H,33,34)(H,24,27,28). The molecule has 36 heavy (non-hydrogen) atoms. The summed E-state index contributed by atoms with van der Waals surface area (Å²) >= 11 is 0. The first kappa shape index (κ1) is 24.6. The number of carbonyl (C=O) groups excluding carboxylic acids is 1. The second-order valence-corrected chi connectivity index (χ2v) is 9.04. The number of hydrogen-bond acceptors (Lipinski definition) is 9. The highest BCUT2D eigenvalue weighted by atomic mass is 16.6. The molecule has 188 valence electrons. The molecule has 1 amide bonds. The van der Waals surface area contributed by atoms with Crippen LogP contribution in [-0.4, -0.2) is 57.5 Å². The average molecular weight is 494 g/mol. The molecule has 0 spiro atoms. The van der Waals surface area contributed by atoms with E-state index < -0.39 is 17.7 Å². The fraction of sp³-hybridized carbons (Fsp3) is 0.348. The van der Waals surface area contributed by atoms with Gasteiger partial charge in [0.1, 0.15) is 5.60 Å². The third-order valence-electron chi connectivity index (χ3n) is 4.88. The van der Waals surface area contributed by atoms with Crippen LogP contribution in [0.5, 0.6) is 0 Å². The molecule has 0 fully saturated rings. The highest BCUT2D eigenvalue weighted by molar-refractivity contribution is 5.72. The summed E-state index contributed by atoms with van der Waals surface area (Å²) in [6, 6.07) is 7.46. The largest absolute Gasteiger partial charge is 0.481 e. The normalized spacial score (nSPS) is 11.4. The number of aromatic nitrogens is 7. The van der Waals surface area contributed by atoms with Gasteiger partial charge in [-0.2, -0.15) is 14.8 Å². The smallest absolute Gasteiger partial charge is 0.407 e. The second kappa shape index (κ2) is 10.4. The lowest BCUT2D eigenvalue weighted by Gasteiger charge is -2.19. The zero-order chi connectivity index (χ0) is 25.7. The fourth-order valence-corrected chi connectivity index (χ4v) is 3.28. The molecule has 0 atom stereocenters. The molecule has 1 aromatic carbocycles. The lowest BCUT2D eigenvalue weighted by molar-refractivity contribution is -0.137. The molecule has 4 aromatic rings. The van der Waals surface area contributed by atoms with Crippen molar-refractivity contribution < 1.29 is 19.4 Å².